The second kappa shape index (κ2) is 4.58. The Morgan fingerprint density at radius 2 is 2.12 bits per heavy atom. The van der Waals surface area contributed by atoms with Gasteiger partial charge in [0.05, 0.1) is 0 Å². The lowest BCUT2D eigenvalue weighted by Gasteiger charge is -2.16. The summed E-state index contributed by atoms with van der Waals surface area (Å²) in [6, 6.07) is 7.30. The molecule has 16 heavy (non-hydrogen) atoms. The van der Waals surface area contributed by atoms with Crippen molar-refractivity contribution in [1.29, 1.82) is 0 Å². The minimum absolute atomic E-state index is 0.576. The molecule has 88 valence electrons. The van der Waals surface area contributed by atoms with Crippen molar-refractivity contribution >= 4 is 0 Å². The Balaban J connectivity index is 2.19. The molecule has 0 fully saturated rings. The van der Waals surface area contributed by atoms with E-state index in [9.17, 15) is 0 Å². The highest BCUT2D eigenvalue weighted by Crippen LogP contribution is 2.41. The summed E-state index contributed by atoms with van der Waals surface area (Å²) in [4.78, 5) is 0. The first-order valence-corrected chi connectivity index (χ1v) is 6.42. The summed E-state index contributed by atoms with van der Waals surface area (Å²) < 4.78 is 0. The minimum Gasteiger partial charge on any atom is -0.310 e. The highest BCUT2D eigenvalue weighted by Gasteiger charge is 2.28. The molecule has 1 aromatic rings. The van der Waals surface area contributed by atoms with Gasteiger partial charge in [-0.1, -0.05) is 39.0 Å². The van der Waals surface area contributed by atoms with E-state index in [1.165, 1.54) is 17.5 Å². The molecule has 0 bridgehead atoms. The standard InChI is InChI=1S/C15H23N/c1-10(2)9-16-14-8-12(4)15-11(3)6-5-7-13(14)15/h5-7,10,12,14,16H,8-9H2,1-4H3. The van der Waals surface area contributed by atoms with Gasteiger partial charge in [0, 0.05) is 6.04 Å². The predicted octanol–water partition coefficient (Wildman–Crippen LogP) is 3.79. The lowest BCUT2D eigenvalue weighted by Crippen LogP contribution is -2.23. The molecule has 2 rings (SSSR count). The summed E-state index contributed by atoms with van der Waals surface area (Å²) in [6.45, 7) is 10.2. The summed E-state index contributed by atoms with van der Waals surface area (Å²) in [7, 11) is 0. The van der Waals surface area contributed by atoms with E-state index in [0.29, 0.717) is 12.0 Å². The van der Waals surface area contributed by atoms with Gasteiger partial charge in [-0.25, -0.2) is 0 Å². The van der Waals surface area contributed by atoms with Gasteiger partial charge in [-0.15, -0.1) is 0 Å². The molecule has 0 aromatic heterocycles. The average Bonchev–Trinajstić information content (AvgIpc) is 2.54. The first-order chi connectivity index (χ1) is 7.59. The van der Waals surface area contributed by atoms with Crippen LogP contribution in [0, 0.1) is 12.8 Å². The quantitative estimate of drug-likeness (QED) is 0.812. The van der Waals surface area contributed by atoms with Gasteiger partial charge in [0.2, 0.25) is 0 Å². The van der Waals surface area contributed by atoms with E-state index < -0.39 is 0 Å². The Hall–Kier alpha value is -0.820. The molecular weight excluding hydrogens is 194 g/mol. The van der Waals surface area contributed by atoms with Gasteiger partial charge in [-0.3, -0.25) is 0 Å². The Labute approximate surface area is 99.3 Å². The maximum absolute atomic E-state index is 3.69. The highest BCUT2D eigenvalue weighted by atomic mass is 14.9. The van der Waals surface area contributed by atoms with E-state index in [4.69, 9.17) is 0 Å². The molecule has 0 aliphatic heterocycles. The van der Waals surface area contributed by atoms with Gasteiger partial charge in [-0.2, -0.15) is 0 Å². The Morgan fingerprint density at radius 1 is 1.38 bits per heavy atom. The molecule has 0 amide bonds. The maximum Gasteiger partial charge on any atom is 0.0329 e. The molecule has 0 saturated carbocycles. The third-order valence-electron chi connectivity index (χ3n) is 3.59. The summed E-state index contributed by atoms with van der Waals surface area (Å²) in [6.07, 6.45) is 1.26. The van der Waals surface area contributed by atoms with Crippen molar-refractivity contribution in [1.82, 2.24) is 5.32 Å². The van der Waals surface area contributed by atoms with Crippen molar-refractivity contribution in [3.63, 3.8) is 0 Å². The van der Waals surface area contributed by atoms with E-state index in [-0.39, 0.29) is 0 Å². The van der Waals surface area contributed by atoms with Crippen LogP contribution in [-0.4, -0.2) is 6.54 Å². The van der Waals surface area contributed by atoms with Crippen LogP contribution in [0.2, 0.25) is 0 Å². The third-order valence-corrected chi connectivity index (χ3v) is 3.59. The van der Waals surface area contributed by atoms with Gasteiger partial charge >= 0.3 is 0 Å². The number of benzene rings is 1. The zero-order valence-corrected chi connectivity index (χ0v) is 10.9. The monoisotopic (exact) mass is 217 g/mol. The fourth-order valence-corrected chi connectivity index (χ4v) is 2.85. The third kappa shape index (κ3) is 2.15. The van der Waals surface area contributed by atoms with Crippen LogP contribution in [0.15, 0.2) is 18.2 Å². The SMILES string of the molecule is Cc1cccc2c1C(C)CC2NCC(C)C. The molecule has 2 atom stereocenters. The number of hydrogen-bond acceptors (Lipinski definition) is 1. The Morgan fingerprint density at radius 3 is 2.81 bits per heavy atom. The van der Waals surface area contributed by atoms with Crippen LogP contribution < -0.4 is 5.32 Å². The van der Waals surface area contributed by atoms with Gasteiger partial charge in [0.15, 0.2) is 0 Å². The first kappa shape index (κ1) is 11.7. The fraction of sp³-hybridized carbons (Fsp3) is 0.600. The van der Waals surface area contributed by atoms with E-state index in [1.807, 2.05) is 0 Å². The second-order valence-electron chi connectivity index (χ2n) is 5.57. The predicted molar refractivity (Wildman–Crippen MR) is 69.8 cm³/mol. The molecule has 0 spiro atoms. The number of aryl methyl sites for hydroxylation is 1. The van der Waals surface area contributed by atoms with Crippen LogP contribution in [-0.2, 0) is 0 Å². The van der Waals surface area contributed by atoms with Crippen molar-refractivity contribution < 1.29 is 0 Å². The Bertz CT molecular complexity index is 368. The molecular formula is C15H23N. The molecule has 1 aliphatic rings. The number of nitrogens with one attached hydrogen (secondary N) is 1. The highest BCUT2D eigenvalue weighted by molar-refractivity contribution is 5.43. The molecule has 1 aromatic carbocycles. The van der Waals surface area contributed by atoms with Crippen LogP contribution in [0.4, 0.5) is 0 Å². The fourth-order valence-electron chi connectivity index (χ4n) is 2.85. The molecule has 0 saturated heterocycles. The van der Waals surface area contributed by atoms with Gasteiger partial charge in [-0.05, 0) is 48.4 Å². The topological polar surface area (TPSA) is 12.0 Å². The average molecular weight is 217 g/mol. The van der Waals surface area contributed by atoms with Crippen LogP contribution in [0.5, 0.6) is 0 Å². The van der Waals surface area contributed by atoms with Gasteiger partial charge < -0.3 is 5.32 Å². The molecule has 1 N–H and O–H groups in total. The van der Waals surface area contributed by atoms with E-state index in [0.717, 1.165) is 12.5 Å². The van der Waals surface area contributed by atoms with E-state index >= 15 is 0 Å². The van der Waals surface area contributed by atoms with Gasteiger partial charge in [0.1, 0.15) is 0 Å². The van der Waals surface area contributed by atoms with Crippen molar-refractivity contribution in [2.45, 2.75) is 46.1 Å². The van der Waals surface area contributed by atoms with Crippen LogP contribution in [0.3, 0.4) is 0 Å². The number of fused-ring (bicyclic) bond motifs is 1. The maximum atomic E-state index is 3.69. The normalized spacial score (nSPS) is 23.8. The first-order valence-electron chi connectivity index (χ1n) is 6.42. The van der Waals surface area contributed by atoms with E-state index in [2.05, 4.69) is 51.2 Å². The van der Waals surface area contributed by atoms with Crippen LogP contribution >= 0.6 is 0 Å². The molecule has 2 unspecified atom stereocenters. The summed E-state index contributed by atoms with van der Waals surface area (Å²) in [5.74, 6) is 1.44. The lowest BCUT2D eigenvalue weighted by molar-refractivity contribution is 0.458. The molecule has 1 aliphatic carbocycles. The Kier molecular flexibility index (Phi) is 3.34. The minimum atomic E-state index is 0.576. The van der Waals surface area contributed by atoms with E-state index in [1.54, 1.807) is 5.56 Å². The second-order valence-corrected chi connectivity index (χ2v) is 5.57. The molecule has 0 radical (unpaired) electrons. The lowest BCUT2D eigenvalue weighted by atomic mass is 9.98. The number of hydrogen-bond donors (Lipinski definition) is 1. The largest absolute Gasteiger partial charge is 0.310 e. The summed E-state index contributed by atoms with van der Waals surface area (Å²) in [5, 5.41) is 3.69. The van der Waals surface area contributed by atoms with Crippen molar-refractivity contribution in [3.05, 3.63) is 34.9 Å². The molecule has 1 heteroatoms. The smallest absolute Gasteiger partial charge is 0.0329 e. The number of rotatable bonds is 3. The zero-order chi connectivity index (χ0) is 11.7. The molecule has 1 nitrogen and oxygen atoms in total. The van der Waals surface area contributed by atoms with Crippen LogP contribution in [0.25, 0.3) is 0 Å². The van der Waals surface area contributed by atoms with Crippen LogP contribution in [0.1, 0.15) is 55.8 Å². The van der Waals surface area contributed by atoms with Crippen molar-refractivity contribution in [2.24, 2.45) is 5.92 Å². The summed E-state index contributed by atoms with van der Waals surface area (Å²) in [5.41, 5.74) is 4.58. The van der Waals surface area contributed by atoms with Crippen molar-refractivity contribution in [3.8, 4) is 0 Å². The van der Waals surface area contributed by atoms with Crippen molar-refractivity contribution in [2.75, 3.05) is 6.54 Å². The van der Waals surface area contributed by atoms with Gasteiger partial charge in [0.25, 0.3) is 0 Å². The molecule has 0 heterocycles. The zero-order valence-electron chi connectivity index (χ0n) is 10.9. The summed E-state index contributed by atoms with van der Waals surface area (Å²) >= 11 is 0.